The van der Waals surface area contributed by atoms with Gasteiger partial charge in [-0.05, 0) is 24.6 Å². The van der Waals surface area contributed by atoms with Crippen molar-refractivity contribution in [2.24, 2.45) is 0 Å². The summed E-state index contributed by atoms with van der Waals surface area (Å²) in [5, 5.41) is 3.39. The Hall–Kier alpha value is -2.57. The minimum atomic E-state index is -1.13. The van der Waals surface area contributed by atoms with E-state index in [1.165, 1.54) is 14.2 Å². The molecule has 2 aliphatic rings. The molecule has 0 saturated carbocycles. The van der Waals surface area contributed by atoms with Gasteiger partial charge in [-0.25, -0.2) is 9.59 Å². The lowest BCUT2D eigenvalue weighted by atomic mass is 9.80. The molecule has 2 heterocycles. The molecule has 2 bridgehead atoms. The van der Waals surface area contributed by atoms with Gasteiger partial charge in [0.2, 0.25) is 0 Å². The normalized spacial score (nSPS) is 23.4. The molecule has 1 aromatic carbocycles. The first-order valence-corrected chi connectivity index (χ1v) is 8.28. The largest absolute Gasteiger partial charge is 0.466 e. The molecule has 3 unspecified atom stereocenters. The van der Waals surface area contributed by atoms with Crippen LogP contribution in [0.25, 0.3) is 0 Å². The SMILES string of the molecule is C=CCC(Nc1ccccc1)C12C=CC(O1)C(C(=O)OC)=C2C(=O)OC.Cl. The van der Waals surface area contributed by atoms with Crippen molar-refractivity contribution in [3.05, 3.63) is 66.3 Å². The number of carbonyl (C=O) groups is 2. The Labute approximate surface area is 164 Å². The van der Waals surface area contributed by atoms with Crippen LogP contribution in [0.4, 0.5) is 5.69 Å². The first-order valence-electron chi connectivity index (χ1n) is 8.28. The van der Waals surface area contributed by atoms with Gasteiger partial charge in [-0.15, -0.1) is 19.0 Å². The molecule has 0 aliphatic carbocycles. The highest BCUT2D eigenvalue weighted by molar-refractivity contribution is 6.05. The number of halogens is 1. The van der Waals surface area contributed by atoms with E-state index < -0.39 is 23.6 Å². The fraction of sp³-hybridized carbons (Fsp3) is 0.300. The van der Waals surface area contributed by atoms with Crippen molar-refractivity contribution in [2.75, 3.05) is 19.5 Å². The van der Waals surface area contributed by atoms with Crippen LogP contribution in [-0.4, -0.2) is 43.9 Å². The van der Waals surface area contributed by atoms with E-state index in [0.717, 1.165) is 5.69 Å². The lowest BCUT2D eigenvalue weighted by Gasteiger charge is -2.35. The molecule has 0 aromatic heterocycles. The summed E-state index contributed by atoms with van der Waals surface area (Å²) in [5.41, 5.74) is 0.0935. The Morgan fingerprint density at radius 3 is 2.52 bits per heavy atom. The molecule has 0 fully saturated rings. The molecule has 2 aliphatic heterocycles. The van der Waals surface area contributed by atoms with Gasteiger partial charge >= 0.3 is 11.9 Å². The summed E-state index contributed by atoms with van der Waals surface area (Å²) in [6.07, 6.45) is 5.18. The van der Waals surface area contributed by atoms with Gasteiger partial charge in [0.1, 0.15) is 11.7 Å². The van der Waals surface area contributed by atoms with Crippen LogP contribution in [0.2, 0.25) is 0 Å². The number of methoxy groups -OCH3 is 2. The van der Waals surface area contributed by atoms with Crippen molar-refractivity contribution < 1.29 is 23.8 Å². The number of hydrogen-bond donors (Lipinski definition) is 1. The van der Waals surface area contributed by atoms with E-state index in [2.05, 4.69) is 11.9 Å². The zero-order valence-corrected chi connectivity index (χ0v) is 16.0. The molecule has 6 nitrogen and oxygen atoms in total. The number of rotatable bonds is 7. The zero-order chi connectivity index (χ0) is 18.7. The van der Waals surface area contributed by atoms with Gasteiger partial charge < -0.3 is 19.5 Å². The summed E-state index contributed by atoms with van der Waals surface area (Å²) < 4.78 is 15.9. The van der Waals surface area contributed by atoms with Gasteiger partial charge in [-0.2, -0.15) is 0 Å². The van der Waals surface area contributed by atoms with Gasteiger partial charge in [-0.3, -0.25) is 0 Å². The molecule has 3 rings (SSSR count). The average molecular weight is 392 g/mol. The predicted molar refractivity (Wildman–Crippen MR) is 104 cm³/mol. The number of anilines is 1. The molecular formula is C20H22ClNO5. The van der Waals surface area contributed by atoms with Gasteiger partial charge in [0, 0.05) is 5.69 Å². The first-order chi connectivity index (χ1) is 12.6. The van der Waals surface area contributed by atoms with Crippen LogP contribution in [-0.2, 0) is 23.8 Å². The van der Waals surface area contributed by atoms with Crippen molar-refractivity contribution in [3.8, 4) is 0 Å². The van der Waals surface area contributed by atoms with Crippen molar-refractivity contribution in [1.29, 1.82) is 0 Å². The Balaban J connectivity index is 0.00000261. The van der Waals surface area contributed by atoms with Crippen molar-refractivity contribution in [1.82, 2.24) is 0 Å². The Bertz CT molecular complexity index is 789. The minimum Gasteiger partial charge on any atom is -0.466 e. The summed E-state index contributed by atoms with van der Waals surface area (Å²) in [6, 6.07) is 9.20. The van der Waals surface area contributed by atoms with Gasteiger partial charge in [0.05, 0.1) is 31.4 Å². The van der Waals surface area contributed by atoms with Crippen LogP contribution in [0.3, 0.4) is 0 Å². The van der Waals surface area contributed by atoms with Crippen LogP contribution in [0.15, 0.2) is 66.3 Å². The highest BCUT2D eigenvalue weighted by atomic mass is 35.5. The second-order valence-corrected chi connectivity index (χ2v) is 6.05. The molecule has 27 heavy (non-hydrogen) atoms. The number of nitrogens with one attached hydrogen (secondary N) is 1. The maximum atomic E-state index is 12.5. The molecule has 1 aromatic rings. The minimum absolute atomic E-state index is 0. The van der Waals surface area contributed by atoms with E-state index in [4.69, 9.17) is 14.2 Å². The highest BCUT2D eigenvalue weighted by Crippen LogP contribution is 2.47. The molecule has 0 amide bonds. The second-order valence-electron chi connectivity index (χ2n) is 6.05. The number of fused-ring (bicyclic) bond motifs is 2. The molecule has 7 heteroatoms. The Morgan fingerprint density at radius 2 is 1.93 bits per heavy atom. The zero-order valence-electron chi connectivity index (χ0n) is 15.1. The first kappa shape index (κ1) is 20.7. The van der Waals surface area contributed by atoms with Crippen LogP contribution in [0.1, 0.15) is 6.42 Å². The summed E-state index contributed by atoms with van der Waals surface area (Å²) >= 11 is 0. The van der Waals surface area contributed by atoms with Crippen LogP contribution in [0, 0.1) is 0 Å². The third kappa shape index (κ3) is 3.50. The number of para-hydroxylation sites is 1. The number of esters is 2. The smallest absolute Gasteiger partial charge is 0.337 e. The average Bonchev–Trinajstić information content (AvgIpc) is 3.25. The quantitative estimate of drug-likeness (QED) is 0.569. The topological polar surface area (TPSA) is 73.9 Å². The van der Waals surface area contributed by atoms with Crippen LogP contribution < -0.4 is 5.32 Å². The van der Waals surface area contributed by atoms with E-state index in [1.807, 2.05) is 30.3 Å². The van der Waals surface area contributed by atoms with Crippen LogP contribution >= 0.6 is 12.4 Å². The second kappa shape index (κ2) is 8.41. The monoisotopic (exact) mass is 391 g/mol. The number of benzene rings is 1. The molecule has 1 N–H and O–H groups in total. The fourth-order valence-corrected chi connectivity index (χ4v) is 3.48. The van der Waals surface area contributed by atoms with Gasteiger partial charge in [0.25, 0.3) is 0 Å². The van der Waals surface area contributed by atoms with Crippen molar-refractivity contribution in [2.45, 2.75) is 24.2 Å². The number of hydrogen-bond acceptors (Lipinski definition) is 6. The molecule has 3 atom stereocenters. The molecule has 0 spiro atoms. The maximum Gasteiger partial charge on any atom is 0.337 e. The summed E-state index contributed by atoms with van der Waals surface area (Å²) in [6.45, 7) is 3.81. The fourth-order valence-electron chi connectivity index (χ4n) is 3.48. The van der Waals surface area contributed by atoms with E-state index in [1.54, 1.807) is 18.2 Å². The Morgan fingerprint density at radius 1 is 1.26 bits per heavy atom. The summed E-state index contributed by atoms with van der Waals surface area (Å²) in [7, 11) is 2.55. The maximum absolute atomic E-state index is 12.5. The number of carbonyl (C=O) groups excluding carboxylic acids is 2. The Kier molecular flexibility index (Phi) is 6.46. The lowest BCUT2D eigenvalue weighted by Crippen LogP contribution is -2.48. The molecule has 144 valence electrons. The van der Waals surface area contributed by atoms with Crippen LogP contribution in [0.5, 0.6) is 0 Å². The van der Waals surface area contributed by atoms with E-state index in [-0.39, 0.29) is 29.6 Å². The third-order valence-electron chi connectivity index (χ3n) is 4.61. The molecule has 0 saturated heterocycles. The van der Waals surface area contributed by atoms with Crippen molar-refractivity contribution in [3.63, 3.8) is 0 Å². The standard InChI is InChI=1S/C20H21NO5.ClH/c1-4-8-15(21-13-9-6-5-7-10-13)20-12-11-14(26-20)16(18(22)24-2)17(20)19(23)25-3;/h4-7,9-12,14-15,21H,1,8H2,2-3H3;1H. The third-order valence-corrected chi connectivity index (χ3v) is 4.61. The number of ether oxygens (including phenoxy) is 3. The summed E-state index contributed by atoms with van der Waals surface area (Å²) in [4.78, 5) is 24.8. The predicted octanol–water partition coefficient (Wildman–Crippen LogP) is 2.82. The molecular weight excluding hydrogens is 370 g/mol. The lowest BCUT2D eigenvalue weighted by molar-refractivity contribution is -0.139. The van der Waals surface area contributed by atoms with Gasteiger partial charge in [-0.1, -0.05) is 30.4 Å². The van der Waals surface area contributed by atoms with E-state index >= 15 is 0 Å². The highest BCUT2D eigenvalue weighted by Gasteiger charge is 2.58. The molecule has 0 radical (unpaired) electrons. The summed E-state index contributed by atoms with van der Waals surface area (Å²) in [5.74, 6) is -1.21. The van der Waals surface area contributed by atoms with Gasteiger partial charge in [0.15, 0.2) is 0 Å². The van der Waals surface area contributed by atoms with E-state index in [9.17, 15) is 9.59 Å². The van der Waals surface area contributed by atoms with Crippen molar-refractivity contribution >= 4 is 30.0 Å². The van der Waals surface area contributed by atoms with E-state index in [0.29, 0.717) is 6.42 Å².